The average molecular weight is 482 g/mol. The van der Waals surface area contributed by atoms with Crippen molar-refractivity contribution in [3.8, 4) is 11.5 Å². The van der Waals surface area contributed by atoms with E-state index in [0.29, 0.717) is 36.3 Å². The molecule has 0 spiro atoms. The topological polar surface area (TPSA) is 55.2 Å². The van der Waals surface area contributed by atoms with E-state index in [-0.39, 0.29) is 5.82 Å². The van der Waals surface area contributed by atoms with Gasteiger partial charge in [-0.1, -0.05) is 15.9 Å². The van der Waals surface area contributed by atoms with E-state index in [4.69, 9.17) is 14.5 Å². The Morgan fingerprint density at radius 3 is 2.32 bits per heavy atom. The molecule has 158 valence electrons. The van der Waals surface area contributed by atoms with Crippen LogP contribution in [0.5, 0.6) is 11.5 Å². The summed E-state index contributed by atoms with van der Waals surface area (Å²) in [6.07, 6.45) is 0. The molecule has 0 radical (unpaired) electrons. The number of nitrogens with zero attached hydrogens (tertiary/aromatic N) is 2. The Kier molecular flexibility index (Phi) is 6.32. The van der Waals surface area contributed by atoms with Gasteiger partial charge in [0.25, 0.3) is 0 Å². The number of rotatable bonds is 6. The summed E-state index contributed by atoms with van der Waals surface area (Å²) in [5.41, 5.74) is 6.96. The monoisotopic (exact) mass is 481 g/mol. The lowest BCUT2D eigenvalue weighted by atomic mass is 10.0. The molecule has 0 saturated carbocycles. The predicted molar refractivity (Wildman–Crippen MR) is 124 cm³/mol. The van der Waals surface area contributed by atoms with Crippen molar-refractivity contribution in [3.63, 3.8) is 0 Å². The molecule has 31 heavy (non-hydrogen) atoms. The zero-order chi connectivity index (χ0) is 21.8. The van der Waals surface area contributed by atoms with Crippen molar-refractivity contribution in [3.05, 3.63) is 87.6 Å². The molecule has 0 aromatic heterocycles. The molecule has 1 heterocycles. The van der Waals surface area contributed by atoms with Gasteiger partial charge in [0.1, 0.15) is 11.5 Å². The smallest absolute Gasteiger partial charge is 0.161 e. The molecule has 1 aliphatic heterocycles. The summed E-state index contributed by atoms with van der Waals surface area (Å²) in [6, 6.07) is 17.7. The fourth-order valence-electron chi connectivity index (χ4n) is 3.27. The molecule has 0 fully saturated rings. The van der Waals surface area contributed by atoms with Crippen LogP contribution in [0.25, 0.3) is 0 Å². The first-order valence-electron chi connectivity index (χ1n) is 9.97. The molecule has 0 atom stereocenters. The van der Waals surface area contributed by atoms with Gasteiger partial charge < -0.3 is 9.47 Å². The molecule has 0 amide bonds. The van der Waals surface area contributed by atoms with E-state index in [9.17, 15) is 4.39 Å². The van der Waals surface area contributed by atoms with Crippen molar-refractivity contribution in [2.45, 2.75) is 13.8 Å². The van der Waals surface area contributed by atoms with Crippen LogP contribution in [0.2, 0.25) is 0 Å². The molecule has 0 saturated heterocycles. The Labute approximate surface area is 188 Å². The van der Waals surface area contributed by atoms with Gasteiger partial charge in [-0.3, -0.25) is 5.43 Å². The van der Waals surface area contributed by atoms with Crippen molar-refractivity contribution in [2.75, 3.05) is 13.2 Å². The van der Waals surface area contributed by atoms with Crippen LogP contribution in [-0.2, 0) is 0 Å². The minimum atomic E-state index is -0.302. The first-order valence-corrected chi connectivity index (χ1v) is 10.8. The van der Waals surface area contributed by atoms with Crippen LogP contribution in [0.15, 0.2) is 75.2 Å². The quantitative estimate of drug-likeness (QED) is 0.482. The van der Waals surface area contributed by atoms with Gasteiger partial charge in [0, 0.05) is 21.2 Å². The lowest BCUT2D eigenvalue weighted by molar-refractivity contribution is 0.287. The molecule has 3 aromatic carbocycles. The fraction of sp³-hybridized carbons (Fsp3) is 0.167. The highest BCUT2D eigenvalue weighted by Gasteiger charge is 2.19. The number of ether oxygens (including phenoxy) is 2. The maximum absolute atomic E-state index is 13.4. The molecule has 0 aliphatic carbocycles. The number of hydrazone groups is 1. The number of fused-ring (bicyclic) bond motifs is 1. The molecule has 1 aliphatic rings. The van der Waals surface area contributed by atoms with Crippen molar-refractivity contribution in [2.24, 2.45) is 10.1 Å². The number of amidine groups is 1. The maximum atomic E-state index is 13.4. The van der Waals surface area contributed by atoms with E-state index in [1.54, 1.807) is 12.1 Å². The number of benzene rings is 3. The number of hydrogen-bond donors (Lipinski definition) is 1. The number of nitrogens with one attached hydrogen (secondary N) is 1. The number of halogens is 2. The van der Waals surface area contributed by atoms with Crippen LogP contribution in [-0.4, -0.2) is 24.8 Å². The Balaban J connectivity index is 1.82. The summed E-state index contributed by atoms with van der Waals surface area (Å²) in [5, 5.41) is 4.66. The molecular weight excluding hydrogens is 461 g/mol. The van der Waals surface area contributed by atoms with Gasteiger partial charge in [-0.05, 0) is 74.5 Å². The Hall–Kier alpha value is -3.19. The van der Waals surface area contributed by atoms with Gasteiger partial charge in [0.15, 0.2) is 17.3 Å². The molecule has 4 rings (SSSR count). The molecule has 5 nitrogen and oxygen atoms in total. The third-order valence-electron chi connectivity index (χ3n) is 4.65. The Morgan fingerprint density at radius 2 is 1.58 bits per heavy atom. The van der Waals surface area contributed by atoms with Gasteiger partial charge in [-0.25, -0.2) is 9.38 Å². The van der Waals surface area contributed by atoms with Crippen LogP contribution in [0.3, 0.4) is 0 Å². The van der Waals surface area contributed by atoms with Gasteiger partial charge >= 0.3 is 0 Å². The third kappa shape index (κ3) is 4.61. The summed E-state index contributed by atoms with van der Waals surface area (Å²) in [6.45, 7) is 4.94. The highest BCUT2D eigenvalue weighted by molar-refractivity contribution is 9.10. The van der Waals surface area contributed by atoms with Crippen LogP contribution >= 0.6 is 15.9 Å². The van der Waals surface area contributed by atoms with Crippen molar-refractivity contribution in [1.29, 1.82) is 0 Å². The molecule has 0 bridgehead atoms. The lowest BCUT2D eigenvalue weighted by Crippen LogP contribution is -2.19. The second kappa shape index (κ2) is 9.31. The summed E-state index contributed by atoms with van der Waals surface area (Å²) in [4.78, 5) is 4.75. The van der Waals surface area contributed by atoms with Gasteiger partial charge in [-0.2, -0.15) is 5.10 Å². The SMILES string of the molecule is CCOc1ccc(C2=NNC(c3ccc(F)cc3)=Nc3ccc(Br)cc32)cc1OCC. The average Bonchev–Trinajstić information content (AvgIpc) is 2.95. The number of aliphatic imine (C=N–C) groups is 1. The van der Waals surface area contributed by atoms with Gasteiger partial charge in [-0.15, -0.1) is 0 Å². The zero-order valence-electron chi connectivity index (χ0n) is 17.2. The van der Waals surface area contributed by atoms with Crippen LogP contribution in [0.4, 0.5) is 10.1 Å². The van der Waals surface area contributed by atoms with Crippen molar-refractivity contribution >= 4 is 33.2 Å². The first-order chi connectivity index (χ1) is 15.1. The lowest BCUT2D eigenvalue weighted by Gasteiger charge is -2.14. The number of hydrogen-bond acceptors (Lipinski definition) is 5. The largest absolute Gasteiger partial charge is 0.490 e. The Bertz CT molecular complexity index is 1160. The predicted octanol–water partition coefficient (Wildman–Crippen LogP) is 5.82. The van der Waals surface area contributed by atoms with Crippen molar-refractivity contribution in [1.82, 2.24) is 5.43 Å². The highest BCUT2D eigenvalue weighted by Crippen LogP contribution is 2.33. The molecule has 1 N–H and O–H groups in total. The summed E-state index contributed by atoms with van der Waals surface area (Å²) >= 11 is 3.55. The third-order valence-corrected chi connectivity index (χ3v) is 5.15. The summed E-state index contributed by atoms with van der Waals surface area (Å²) in [5.74, 6) is 1.58. The summed E-state index contributed by atoms with van der Waals surface area (Å²) < 4.78 is 25.8. The van der Waals surface area contributed by atoms with E-state index >= 15 is 0 Å². The van der Waals surface area contributed by atoms with Crippen LogP contribution < -0.4 is 14.9 Å². The minimum absolute atomic E-state index is 0.302. The second-order valence-corrected chi connectivity index (χ2v) is 7.64. The maximum Gasteiger partial charge on any atom is 0.161 e. The molecular formula is C24H21BrFN3O2. The van der Waals surface area contributed by atoms with E-state index in [0.717, 1.165) is 26.9 Å². The van der Waals surface area contributed by atoms with E-state index < -0.39 is 0 Å². The molecule has 3 aromatic rings. The standard InChI is InChI=1S/C24H21BrFN3O2/c1-3-30-21-12-7-16(13-22(21)31-4-2)23-19-14-17(25)8-11-20(19)27-24(29-28-23)15-5-9-18(26)10-6-15/h5-14H,3-4H2,1-2H3,(H,27,29). The first kappa shape index (κ1) is 21.1. The van der Waals surface area contributed by atoms with Crippen LogP contribution in [0, 0.1) is 5.82 Å². The van der Waals surface area contributed by atoms with Crippen LogP contribution in [0.1, 0.15) is 30.5 Å². The van der Waals surface area contributed by atoms with Gasteiger partial charge in [0.2, 0.25) is 0 Å². The molecule has 7 heteroatoms. The Morgan fingerprint density at radius 1 is 0.871 bits per heavy atom. The van der Waals surface area contributed by atoms with E-state index in [2.05, 4.69) is 26.5 Å². The fourth-order valence-corrected chi connectivity index (χ4v) is 3.63. The van der Waals surface area contributed by atoms with Crippen molar-refractivity contribution < 1.29 is 13.9 Å². The normalized spacial score (nSPS) is 12.8. The summed E-state index contributed by atoms with van der Waals surface area (Å²) in [7, 11) is 0. The second-order valence-electron chi connectivity index (χ2n) is 6.73. The van der Waals surface area contributed by atoms with Gasteiger partial charge in [0.05, 0.1) is 18.9 Å². The minimum Gasteiger partial charge on any atom is -0.490 e. The molecule has 0 unspecified atom stereocenters. The van der Waals surface area contributed by atoms with E-state index in [1.807, 2.05) is 50.2 Å². The highest BCUT2D eigenvalue weighted by atomic mass is 79.9. The zero-order valence-corrected chi connectivity index (χ0v) is 18.7. The van der Waals surface area contributed by atoms with E-state index in [1.165, 1.54) is 12.1 Å².